The molecule has 8 aromatic carbocycles. The van der Waals surface area contributed by atoms with Crippen molar-refractivity contribution in [1.82, 2.24) is 0 Å². The van der Waals surface area contributed by atoms with Gasteiger partial charge in [-0.3, -0.25) is 0 Å². The predicted molar refractivity (Wildman–Crippen MR) is 259 cm³/mol. The van der Waals surface area contributed by atoms with Gasteiger partial charge in [-0.15, -0.1) is 0 Å². The van der Waals surface area contributed by atoms with E-state index in [9.17, 15) is 0 Å². The molecule has 0 N–H and O–H groups in total. The first kappa shape index (κ1) is 38.7. The lowest BCUT2D eigenvalue weighted by Crippen LogP contribution is -2.28. The molecule has 0 amide bonds. The topological polar surface area (TPSA) is 3.24 Å². The summed E-state index contributed by atoms with van der Waals surface area (Å²) in [6.45, 7) is 19.0. The van der Waals surface area contributed by atoms with Crippen LogP contribution in [-0.4, -0.2) is 0 Å². The molecule has 0 fully saturated rings. The van der Waals surface area contributed by atoms with Crippen LogP contribution in [0.2, 0.25) is 0 Å². The van der Waals surface area contributed by atoms with E-state index in [4.69, 9.17) is 0 Å². The van der Waals surface area contributed by atoms with Crippen LogP contribution >= 0.6 is 0 Å². The van der Waals surface area contributed by atoms with Gasteiger partial charge >= 0.3 is 0 Å². The number of rotatable bonds is 6. The van der Waals surface area contributed by atoms with Gasteiger partial charge in [-0.05, 0) is 125 Å². The molecule has 10 rings (SSSR count). The second-order valence-electron chi connectivity index (χ2n) is 19.8. The Balaban J connectivity index is 1.20. The van der Waals surface area contributed by atoms with Crippen LogP contribution < -0.4 is 4.90 Å². The van der Waals surface area contributed by atoms with Gasteiger partial charge in [-0.1, -0.05) is 207 Å². The van der Waals surface area contributed by atoms with Crippen LogP contribution in [-0.2, 0) is 21.7 Å². The molecule has 1 heteroatoms. The lowest BCUT2D eigenvalue weighted by molar-refractivity contribution is 0.545. The summed E-state index contributed by atoms with van der Waals surface area (Å²) >= 11 is 0. The van der Waals surface area contributed by atoms with Crippen molar-refractivity contribution < 1.29 is 0 Å². The highest BCUT2D eigenvalue weighted by Gasteiger charge is 2.46. The maximum absolute atomic E-state index is 2.50. The van der Waals surface area contributed by atoms with Crippen LogP contribution in [0.15, 0.2) is 188 Å². The van der Waals surface area contributed by atoms with Crippen molar-refractivity contribution in [3.8, 4) is 33.4 Å². The van der Waals surface area contributed by atoms with Gasteiger partial charge in [0.15, 0.2) is 0 Å². The van der Waals surface area contributed by atoms with Gasteiger partial charge in [0.2, 0.25) is 0 Å². The van der Waals surface area contributed by atoms with Crippen molar-refractivity contribution in [3.05, 3.63) is 233 Å². The highest BCUT2D eigenvalue weighted by atomic mass is 15.1. The van der Waals surface area contributed by atoms with Crippen molar-refractivity contribution >= 4 is 17.1 Å². The van der Waals surface area contributed by atoms with Crippen LogP contribution in [0.5, 0.6) is 0 Å². The normalized spacial score (nSPS) is 14.5. The zero-order valence-electron chi connectivity index (χ0n) is 36.8. The quantitative estimate of drug-likeness (QED) is 0.162. The standard InChI is InChI=1S/C60H55N/c1-57(2,3)44-37-51-50-35-34-47(39-54(50)59(7,8)56(51)55(38-44)58(4,5)6)61(45-32-30-41(31-33-45)40-20-11-9-12-21-40)46-25-19-24-43(36-46)60(42-22-13-10-14-23-42)52-28-17-15-26-48(52)49-27-16-18-29-53(49)60/h9-39H,1-8H3. The summed E-state index contributed by atoms with van der Waals surface area (Å²) in [7, 11) is 0. The molecule has 0 spiro atoms. The largest absolute Gasteiger partial charge is 0.310 e. The molecule has 61 heavy (non-hydrogen) atoms. The Hall–Kier alpha value is -6.44. The first-order chi connectivity index (χ1) is 29.3. The second-order valence-corrected chi connectivity index (χ2v) is 19.8. The van der Waals surface area contributed by atoms with E-state index in [2.05, 4.69) is 248 Å². The first-order valence-electron chi connectivity index (χ1n) is 21.9. The van der Waals surface area contributed by atoms with Crippen molar-refractivity contribution in [3.63, 3.8) is 0 Å². The average molecular weight is 790 g/mol. The molecule has 2 aliphatic carbocycles. The van der Waals surface area contributed by atoms with Crippen molar-refractivity contribution in [1.29, 1.82) is 0 Å². The van der Waals surface area contributed by atoms with E-state index < -0.39 is 5.41 Å². The molecule has 0 bridgehead atoms. The van der Waals surface area contributed by atoms with Gasteiger partial charge in [0.1, 0.15) is 0 Å². The number of fused-ring (bicyclic) bond motifs is 6. The smallest absolute Gasteiger partial charge is 0.0714 e. The van der Waals surface area contributed by atoms with Crippen LogP contribution in [0.4, 0.5) is 17.1 Å². The second kappa shape index (κ2) is 14.1. The summed E-state index contributed by atoms with van der Waals surface area (Å²) in [5, 5.41) is 0. The molecule has 0 aliphatic heterocycles. The molecule has 0 saturated heterocycles. The van der Waals surface area contributed by atoms with E-state index in [1.165, 1.54) is 77.9 Å². The minimum absolute atomic E-state index is 0.00729. The maximum Gasteiger partial charge on any atom is 0.0714 e. The molecular weight excluding hydrogens is 735 g/mol. The minimum Gasteiger partial charge on any atom is -0.310 e. The van der Waals surface area contributed by atoms with Crippen LogP contribution in [0.25, 0.3) is 33.4 Å². The molecule has 0 saturated carbocycles. The summed E-state index contributed by atoms with van der Waals surface area (Å²) in [6, 6.07) is 70.6. The SMILES string of the molecule is CC(C)(C)c1cc2c(c(C(C)(C)C)c1)C(C)(C)c1cc(N(c3ccc(-c4ccccc4)cc3)c3cccc(C4(c5ccccc5)c5ccccc5-c5ccccc54)c3)ccc1-2. The van der Waals surface area contributed by atoms with Gasteiger partial charge in [0.25, 0.3) is 0 Å². The molecule has 0 atom stereocenters. The molecule has 8 aromatic rings. The molecule has 0 radical (unpaired) electrons. The Morgan fingerprint density at radius 2 is 0.902 bits per heavy atom. The number of anilines is 3. The number of benzene rings is 8. The average Bonchev–Trinajstić information content (AvgIpc) is 3.69. The van der Waals surface area contributed by atoms with E-state index in [0.29, 0.717) is 0 Å². The zero-order valence-corrected chi connectivity index (χ0v) is 36.8. The molecule has 0 aromatic heterocycles. The highest BCUT2D eigenvalue weighted by molar-refractivity contribution is 5.89. The third kappa shape index (κ3) is 6.12. The lowest BCUT2D eigenvalue weighted by atomic mass is 9.67. The molecular formula is C60H55N. The van der Waals surface area contributed by atoms with E-state index in [0.717, 1.165) is 17.1 Å². The van der Waals surface area contributed by atoms with E-state index >= 15 is 0 Å². The van der Waals surface area contributed by atoms with Gasteiger partial charge < -0.3 is 4.90 Å². The van der Waals surface area contributed by atoms with Gasteiger partial charge in [0.05, 0.1) is 5.41 Å². The van der Waals surface area contributed by atoms with Crippen molar-refractivity contribution in [2.75, 3.05) is 4.90 Å². The first-order valence-corrected chi connectivity index (χ1v) is 21.9. The number of nitrogens with zero attached hydrogens (tertiary/aromatic N) is 1. The predicted octanol–water partition coefficient (Wildman–Crippen LogP) is 16.1. The monoisotopic (exact) mass is 789 g/mol. The Morgan fingerprint density at radius 3 is 1.52 bits per heavy atom. The van der Waals surface area contributed by atoms with Gasteiger partial charge in [-0.25, -0.2) is 0 Å². The van der Waals surface area contributed by atoms with Crippen molar-refractivity contribution in [2.24, 2.45) is 0 Å². The third-order valence-corrected chi connectivity index (χ3v) is 13.6. The van der Waals surface area contributed by atoms with E-state index in [1.807, 2.05) is 0 Å². The maximum atomic E-state index is 2.50. The summed E-state index contributed by atoms with van der Waals surface area (Å²) in [5.41, 5.74) is 21.3. The van der Waals surface area contributed by atoms with Gasteiger partial charge in [0, 0.05) is 22.5 Å². The third-order valence-electron chi connectivity index (χ3n) is 13.6. The fourth-order valence-corrected chi connectivity index (χ4v) is 10.6. The van der Waals surface area contributed by atoms with E-state index in [1.54, 1.807) is 0 Å². The fourth-order valence-electron chi connectivity index (χ4n) is 10.6. The van der Waals surface area contributed by atoms with Gasteiger partial charge in [-0.2, -0.15) is 0 Å². The Labute approximate surface area is 363 Å². The molecule has 0 heterocycles. The Bertz CT molecular complexity index is 2890. The summed E-state index contributed by atoms with van der Waals surface area (Å²) in [5.74, 6) is 0. The Kier molecular flexibility index (Phi) is 8.93. The zero-order chi connectivity index (χ0) is 42.3. The Morgan fingerprint density at radius 1 is 0.377 bits per heavy atom. The number of hydrogen-bond acceptors (Lipinski definition) is 1. The summed E-state index contributed by atoms with van der Waals surface area (Å²) in [6.07, 6.45) is 0. The molecule has 2 aliphatic rings. The van der Waals surface area contributed by atoms with Crippen LogP contribution in [0.1, 0.15) is 99.9 Å². The fraction of sp³-hybridized carbons (Fsp3) is 0.200. The lowest BCUT2D eigenvalue weighted by Gasteiger charge is -2.35. The summed E-state index contributed by atoms with van der Waals surface area (Å²) < 4.78 is 0. The summed E-state index contributed by atoms with van der Waals surface area (Å²) in [4.78, 5) is 2.48. The van der Waals surface area contributed by atoms with E-state index in [-0.39, 0.29) is 16.2 Å². The molecule has 300 valence electrons. The molecule has 0 unspecified atom stereocenters. The highest BCUT2D eigenvalue weighted by Crippen LogP contribution is 2.58. The van der Waals surface area contributed by atoms with Crippen LogP contribution in [0, 0.1) is 0 Å². The molecule has 1 nitrogen and oxygen atoms in total. The minimum atomic E-state index is -0.497. The van der Waals surface area contributed by atoms with Crippen LogP contribution in [0.3, 0.4) is 0 Å². The van der Waals surface area contributed by atoms with Crippen molar-refractivity contribution in [2.45, 2.75) is 77.0 Å². The number of hydrogen-bond donors (Lipinski definition) is 0.